The molecule has 26 heavy (non-hydrogen) atoms. The molecular weight excluding hydrogens is 348 g/mol. The largest absolute Gasteiger partial charge is 0.348 e. The molecule has 0 saturated carbocycles. The highest BCUT2D eigenvalue weighted by Gasteiger charge is 2.09. The van der Waals surface area contributed by atoms with Crippen LogP contribution in [-0.4, -0.2) is 11.8 Å². The number of halogens is 1. The van der Waals surface area contributed by atoms with Crippen LogP contribution in [0, 0.1) is 0 Å². The molecule has 3 aromatic rings. The Morgan fingerprint density at radius 1 is 0.731 bits per heavy atom. The summed E-state index contributed by atoms with van der Waals surface area (Å²) in [6, 6.07) is 23.2. The van der Waals surface area contributed by atoms with E-state index in [0.29, 0.717) is 28.4 Å². The fraction of sp³-hybridized carbons (Fsp3) is 0.0476. The molecule has 2 N–H and O–H groups in total. The van der Waals surface area contributed by atoms with Crippen molar-refractivity contribution in [2.24, 2.45) is 0 Å². The van der Waals surface area contributed by atoms with Crippen LogP contribution in [-0.2, 0) is 6.54 Å². The number of para-hydroxylation sites is 1. The molecule has 130 valence electrons. The van der Waals surface area contributed by atoms with Crippen LogP contribution in [0.3, 0.4) is 0 Å². The number of benzene rings is 3. The molecule has 0 aliphatic heterocycles. The Labute approximate surface area is 156 Å². The number of amides is 2. The van der Waals surface area contributed by atoms with Gasteiger partial charge in [0.1, 0.15) is 0 Å². The second kappa shape index (κ2) is 8.32. The lowest BCUT2D eigenvalue weighted by Crippen LogP contribution is -2.22. The summed E-state index contributed by atoms with van der Waals surface area (Å²) in [7, 11) is 0. The zero-order valence-electron chi connectivity index (χ0n) is 13.9. The zero-order valence-corrected chi connectivity index (χ0v) is 14.7. The highest BCUT2D eigenvalue weighted by Crippen LogP contribution is 2.21. The smallest absolute Gasteiger partial charge is 0.255 e. The van der Waals surface area contributed by atoms with Crippen molar-refractivity contribution in [2.45, 2.75) is 6.54 Å². The van der Waals surface area contributed by atoms with E-state index < -0.39 is 0 Å². The average molecular weight is 365 g/mol. The fourth-order valence-corrected chi connectivity index (χ4v) is 2.59. The molecule has 0 aliphatic carbocycles. The van der Waals surface area contributed by atoms with Crippen LogP contribution >= 0.6 is 11.6 Å². The van der Waals surface area contributed by atoms with E-state index in [1.165, 1.54) is 0 Å². The minimum Gasteiger partial charge on any atom is -0.348 e. The van der Waals surface area contributed by atoms with E-state index in [9.17, 15) is 9.59 Å². The second-order valence-electron chi connectivity index (χ2n) is 5.68. The van der Waals surface area contributed by atoms with Gasteiger partial charge in [-0.05, 0) is 42.0 Å². The standard InChI is InChI=1S/C21H17ClN2O2/c22-18-8-4-5-9-19(18)24-21(26)17-12-10-15(11-13-17)14-23-20(25)16-6-2-1-3-7-16/h1-13H,14H2,(H,23,25)(H,24,26). The van der Waals surface area contributed by atoms with Gasteiger partial charge < -0.3 is 10.6 Å². The van der Waals surface area contributed by atoms with E-state index in [0.717, 1.165) is 5.56 Å². The van der Waals surface area contributed by atoms with Crippen LogP contribution in [0.2, 0.25) is 5.02 Å². The Morgan fingerprint density at radius 3 is 2.04 bits per heavy atom. The van der Waals surface area contributed by atoms with Gasteiger partial charge in [0, 0.05) is 17.7 Å². The van der Waals surface area contributed by atoms with Crippen LogP contribution < -0.4 is 10.6 Å². The monoisotopic (exact) mass is 364 g/mol. The number of carbonyl (C=O) groups excluding carboxylic acids is 2. The molecule has 0 spiro atoms. The number of nitrogens with one attached hydrogen (secondary N) is 2. The fourth-order valence-electron chi connectivity index (χ4n) is 2.40. The van der Waals surface area contributed by atoms with Crippen LogP contribution in [0.4, 0.5) is 5.69 Å². The number of hydrogen-bond donors (Lipinski definition) is 2. The van der Waals surface area contributed by atoms with E-state index in [1.54, 1.807) is 48.5 Å². The van der Waals surface area contributed by atoms with Gasteiger partial charge in [0.15, 0.2) is 0 Å². The third kappa shape index (κ3) is 4.49. The normalized spacial score (nSPS) is 10.2. The predicted octanol–water partition coefficient (Wildman–Crippen LogP) is 4.52. The lowest BCUT2D eigenvalue weighted by atomic mass is 10.1. The van der Waals surface area contributed by atoms with Gasteiger partial charge in [0.05, 0.1) is 10.7 Å². The first-order valence-electron chi connectivity index (χ1n) is 8.11. The van der Waals surface area contributed by atoms with E-state index in [2.05, 4.69) is 10.6 Å². The van der Waals surface area contributed by atoms with Gasteiger partial charge in [-0.2, -0.15) is 0 Å². The molecule has 0 radical (unpaired) electrons. The first-order chi connectivity index (χ1) is 12.6. The molecule has 2 amide bonds. The van der Waals surface area contributed by atoms with Gasteiger partial charge in [-0.3, -0.25) is 9.59 Å². The number of hydrogen-bond acceptors (Lipinski definition) is 2. The molecule has 0 bridgehead atoms. The molecule has 4 nitrogen and oxygen atoms in total. The van der Waals surface area contributed by atoms with Crippen molar-refractivity contribution in [3.8, 4) is 0 Å². The summed E-state index contributed by atoms with van der Waals surface area (Å²) >= 11 is 6.05. The molecule has 5 heteroatoms. The maximum Gasteiger partial charge on any atom is 0.255 e. The summed E-state index contributed by atoms with van der Waals surface area (Å²) in [4.78, 5) is 24.3. The molecule has 3 aromatic carbocycles. The molecule has 0 heterocycles. The molecule has 0 fully saturated rings. The molecule has 0 saturated heterocycles. The van der Waals surface area contributed by atoms with Crippen molar-refractivity contribution >= 4 is 29.1 Å². The highest BCUT2D eigenvalue weighted by molar-refractivity contribution is 6.33. The topological polar surface area (TPSA) is 58.2 Å². The lowest BCUT2D eigenvalue weighted by molar-refractivity contribution is 0.0950. The summed E-state index contributed by atoms with van der Waals surface area (Å²) in [6.07, 6.45) is 0. The molecule has 0 atom stereocenters. The van der Waals surface area contributed by atoms with Crippen molar-refractivity contribution in [1.82, 2.24) is 5.32 Å². The number of rotatable bonds is 5. The van der Waals surface area contributed by atoms with Crippen molar-refractivity contribution < 1.29 is 9.59 Å². The zero-order chi connectivity index (χ0) is 18.4. The summed E-state index contributed by atoms with van der Waals surface area (Å²) in [6.45, 7) is 0.389. The maximum absolute atomic E-state index is 12.3. The quantitative estimate of drug-likeness (QED) is 0.699. The van der Waals surface area contributed by atoms with Crippen molar-refractivity contribution in [1.29, 1.82) is 0 Å². The van der Waals surface area contributed by atoms with Crippen LogP contribution in [0.5, 0.6) is 0 Å². The van der Waals surface area contributed by atoms with Crippen molar-refractivity contribution in [3.63, 3.8) is 0 Å². The Hall–Kier alpha value is -3.11. The first-order valence-corrected chi connectivity index (χ1v) is 8.49. The second-order valence-corrected chi connectivity index (χ2v) is 6.09. The summed E-state index contributed by atoms with van der Waals surface area (Å²) in [5, 5.41) is 6.12. The summed E-state index contributed by atoms with van der Waals surface area (Å²) in [5.74, 6) is -0.371. The molecule has 0 aromatic heterocycles. The Bertz CT molecular complexity index is 909. The molecule has 0 aliphatic rings. The first kappa shape index (κ1) is 17.7. The average Bonchev–Trinajstić information content (AvgIpc) is 2.69. The van der Waals surface area contributed by atoms with Crippen LogP contribution in [0.15, 0.2) is 78.9 Å². The highest BCUT2D eigenvalue weighted by atomic mass is 35.5. The molecule has 3 rings (SSSR count). The minimum absolute atomic E-state index is 0.133. The van der Waals surface area contributed by atoms with Crippen LogP contribution in [0.1, 0.15) is 26.3 Å². The SMILES string of the molecule is O=C(NCc1ccc(C(=O)Nc2ccccc2Cl)cc1)c1ccccc1. The van der Waals surface area contributed by atoms with E-state index >= 15 is 0 Å². The van der Waals surface area contributed by atoms with Gasteiger partial charge in [-0.15, -0.1) is 0 Å². The third-order valence-electron chi connectivity index (χ3n) is 3.83. The summed E-state index contributed by atoms with van der Waals surface area (Å²) < 4.78 is 0. The van der Waals surface area contributed by atoms with Gasteiger partial charge in [0.25, 0.3) is 11.8 Å². The van der Waals surface area contributed by atoms with Gasteiger partial charge in [0.2, 0.25) is 0 Å². The Balaban J connectivity index is 1.59. The Kier molecular flexibility index (Phi) is 5.66. The molecular formula is C21H17ClN2O2. The molecule has 0 unspecified atom stereocenters. The minimum atomic E-state index is -0.238. The summed E-state index contributed by atoms with van der Waals surface area (Å²) in [5.41, 5.74) is 2.60. The van der Waals surface area contributed by atoms with Crippen molar-refractivity contribution in [3.05, 3.63) is 101 Å². The number of anilines is 1. The predicted molar refractivity (Wildman–Crippen MR) is 103 cm³/mol. The van der Waals surface area contributed by atoms with Gasteiger partial charge in [-0.25, -0.2) is 0 Å². The van der Waals surface area contributed by atoms with Gasteiger partial charge >= 0.3 is 0 Å². The van der Waals surface area contributed by atoms with E-state index in [-0.39, 0.29) is 11.8 Å². The lowest BCUT2D eigenvalue weighted by Gasteiger charge is -2.08. The Morgan fingerprint density at radius 2 is 1.35 bits per heavy atom. The van der Waals surface area contributed by atoms with Crippen molar-refractivity contribution in [2.75, 3.05) is 5.32 Å². The van der Waals surface area contributed by atoms with Gasteiger partial charge in [-0.1, -0.05) is 54.1 Å². The number of carbonyl (C=O) groups is 2. The third-order valence-corrected chi connectivity index (χ3v) is 4.16. The van der Waals surface area contributed by atoms with E-state index in [1.807, 2.05) is 30.3 Å². The maximum atomic E-state index is 12.3. The van der Waals surface area contributed by atoms with Crippen LogP contribution in [0.25, 0.3) is 0 Å². The van der Waals surface area contributed by atoms with E-state index in [4.69, 9.17) is 11.6 Å².